The minimum absolute atomic E-state index is 0.276. The van der Waals surface area contributed by atoms with Crippen LogP contribution in [0.4, 0.5) is 15.8 Å². The van der Waals surface area contributed by atoms with Gasteiger partial charge in [-0.2, -0.15) is 0 Å². The van der Waals surface area contributed by atoms with Gasteiger partial charge in [-0.1, -0.05) is 0 Å². The van der Waals surface area contributed by atoms with E-state index in [-0.39, 0.29) is 5.82 Å². The quantitative estimate of drug-likeness (QED) is 0.663. The van der Waals surface area contributed by atoms with E-state index in [1.54, 1.807) is 12.3 Å². The zero-order valence-electron chi connectivity index (χ0n) is 9.24. The van der Waals surface area contributed by atoms with Crippen LogP contribution >= 0.6 is 22.6 Å². The van der Waals surface area contributed by atoms with E-state index >= 15 is 0 Å². The molecule has 0 saturated carbocycles. The molecule has 0 fully saturated rings. The van der Waals surface area contributed by atoms with Crippen molar-refractivity contribution >= 4 is 34.0 Å². The van der Waals surface area contributed by atoms with E-state index in [0.717, 1.165) is 5.82 Å². The van der Waals surface area contributed by atoms with Crippen molar-refractivity contribution in [1.29, 1.82) is 0 Å². The second-order valence-corrected chi connectivity index (χ2v) is 4.82. The van der Waals surface area contributed by atoms with Crippen LogP contribution in [0.1, 0.15) is 5.82 Å². The van der Waals surface area contributed by atoms with Crippen LogP contribution in [0.25, 0.3) is 0 Å². The molecule has 0 aliphatic rings. The number of anilines is 2. The Morgan fingerprint density at radius 2 is 2.29 bits per heavy atom. The number of hydrogen-bond donors (Lipinski definition) is 2. The molecule has 1 aromatic heterocycles. The number of aromatic nitrogens is 2. The summed E-state index contributed by atoms with van der Waals surface area (Å²) < 4.78 is 15.8. The summed E-state index contributed by atoms with van der Waals surface area (Å²) in [5, 5.41) is 3.07. The van der Waals surface area contributed by atoms with Crippen LogP contribution in [0.2, 0.25) is 0 Å². The zero-order valence-corrected chi connectivity index (χ0v) is 11.4. The lowest BCUT2D eigenvalue weighted by atomic mass is 10.2. The van der Waals surface area contributed by atoms with Gasteiger partial charge in [0, 0.05) is 25.5 Å². The molecule has 0 radical (unpaired) electrons. The smallest absolute Gasteiger partial charge is 0.138 e. The van der Waals surface area contributed by atoms with Gasteiger partial charge < -0.3 is 15.6 Å². The van der Waals surface area contributed by atoms with Gasteiger partial charge in [0.1, 0.15) is 11.6 Å². The molecular formula is C11H12FIN4. The van der Waals surface area contributed by atoms with Gasteiger partial charge in [-0.05, 0) is 28.7 Å². The maximum Gasteiger partial charge on any atom is 0.138 e. The van der Waals surface area contributed by atoms with Crippen LogP contribution in [0.5, 0.6) is 0 Å². The molecule has 0 atom stereocenters. The van der Waals surface area contributed by atoms with E-state index in [4.69, 9.17) is 5.73 Å². The summed E-state index contributed by atoms with van der Waals surface area (Å²) in [4.78, 5) is 4.16. The largest absolute Gasteiger partial charge is 0.397 e. The Labute approximate surface area is 112 Å². The van der Waals surface area contributed by atoms with Gasteiger partial charge in [0.2, 0.25) is 0 Å². The van der Waals surface area contributed by atoms with Gasteiger partial charge in [0.25, 0.3) is 0 Å². The number of benzene rings is 1. The predicted octanol–water partition coefficient (Wildman–Crippen LogP) is 2.36. The first-order chi connectivity index (χ1) is 8.08. The minimum atomic E-state index is -0.276. The zero-order chi connectivity index (χ0) is 12.4. The topological polar surface area (TPSA) is 55.9 Å². The Morgan fingerprint density at radius 3 is 2.94 bits per heavy atom. The molecule has 90 valence electrons. The van der Waals surface area contributed by atoms with Crippen molar-refractivity contribution in [3.63, 3.8) is 0 Å². The van der Waals surface area contributed by atoms with Gasteiger partial charge in [0.05, 0.1) is 21.5 Å². The molecule has 4 nitrogen and oxygen atoms in total. The van der Waals surface area contributed by atoms with Crippen LogP contribution in [0.3, 0.4) is 0 Å². The molecule has 1 aromatic carbocycles. The first-order valence-electron chi connectivity index (χ1n) is 5.02. The van der Waals surface area contributed by atoms with Crippen molar-refractivity contribution in [1.82, 2.24) is 9.55 Å². The van der Waals surface area contributed by atoms with Crippen LogP contribution in [0, 0.1) is 9.39 Å². The molecule has 3 N–H and O–H groups in total. The van der Waals surface area contributed by atoms with Crippen molar-refractivity contribution < 1.29 is 4.39 Å². The van der Waals surface area contributed by atoms with Gasteiger partial charge in [-0.15, -0.1) is 0 Å². The molecule has 0 aliphatic carbocycles. The molecule has 1 heterocycles. The van der Waals surface area contributed by atoms with Crippen molar-refractivity contribution in [2.45, 2.75) is 6.54 Å². The van der Waals surface area contributed by atoms with Crippen LogP contribution < -0.4 is 11.1 Å². The number of aryl methyl sites for hydroxylation is 1. The number of rotatable bonds is 3. The maximum absolute atomic E-state index is 13.4. The average molecular weight is 346 g/mol. The number of nitrogens with zero attached hydrogens (tertiary/aromatic N) is 2. The van der Waals surface area contributed by atoms with Crippen molar-refractivity contribution in [2.75, 3.05) is 11.1 Å². The lowest BCUT2D eigenvalue weighted by Crippen LogP contribution is -2.07. The molecule has 0 saturated heterocycles. The average Bonchev–Trinajstić information content (AvgIpc) is 2.68. The number of nitrogens with two attached hydrogens (primary N) is 1. The molecule has 0 amide bonds. The monoisotopic (exact) mass is 346 g/mol. The van der Waals surface area contributed by atoms with Gasteiger partial charge in [-0.25, -0.2) is 9.37 Å². The molecule has 2 rings (SSSR count). The second kappa shape index (κ2) is 4.91. The van der Waals surface area contributed by atoms with Crippen LogP contribution in [-0.2, 0) is 13.6 Å². The number of nitrogens with one attached hydrogen (secondary N) is 1. The van der Waals surface area contributed by atoms with E-state index in [1.165, 1.54) is 6.07 Å². The first-order valence-corrected chi connectivity index (χ1v) is 6.10. The lowest BCUT2D eigenvalue weighted by Gasteiger charge is -2.10. The van der Waals surface area contributed by atoms with Crippen molar-refractivity contribution in [3.8, 4) is 0 Å². The fraction of sp³-hybridized carbons (Fsp3) is 0.182. The number of imidazole rings is 1. The summed E-state index contributed by atoms with van der Waals surface area (Å²) in [7, 11) is 1.90. The summed E-state index contributed by atoms with van der Waals surface area (Å²) in [5.41, 5.74) is 6.93. The molecule has 2 aromatic rings. The fourth-order valence-corrected chi connectivity index (χ4v) is 1.95. The van der Waals surface area contributed by atoms with Crippen molar-refractivity contribution in [3.05, 3.63) is 39.7 Å². The highest BCUT2D eigenvalue weighted by atomic mass is 127. The summed E-state index contributed by atoms with van der Waals surface area (Å²) in [6.45, 7) is 0.508. The normalized spacial score (nSPS) is 10.5. The Balaban J connectivity index is 2.14. The summed E-state index contributed by atoms with van der Waals surface area (Å²) in [5.74, 6) is 0.588. The molecule has 0 spiro atoms. The third kappa shape index (κ3) is 2.68. The Hall–Kier alpha value is -1.31. The Morgan fingerprint density at radius 1 is 1.53 bits per heavy atom. The second-order valence-electron chi connectivity index (χ2n) is 3.66. The number of halogens is 2. The van der Waals surface area contributed by atoms with Gasteiger partial charge in [-0.3, -0.25) is 0 Å². The molecule has 0 aliphatic heterocycles. The molecule has 0 unspecified atom stereocenters. The molecule has 0 bridgehead atoms. The van der Waals surface area contributed by atoms with E-state index in [0.29, 0.717) is 21.5 Å². The number of nitrogen functional groups attached to an aromatic ring is 1. The highest BCUT2D eigenvalue weighted by Crippen LogP contribution is 2.24. The fourth-order valence-electron chi connectivity index (χ4n) is 1.46. The highest BCUT2D eigenvalue weighted by Gasteiger charge is 2.06. The third-order valence-corrected chi connectivity index (χ3v) is 3.28. The van der Waals surface area contributed by atoms with E-state index in [9.17, 15) is 4.39 Å². The molecular weight excluding hydrogens is 334 g/mol. The van der Waals surface area contributed by atoms with E-state index in [2.05, 4.69) is 10.3 Å². The molecule has 17 heavy (non-hydrogen) atoms. The highest BCUT2D eigenvalue weighted by molar-refractivity contribution is 14.1. The van der Waals surface area contributed by atoms with Gasteiger partial charge >= 0.3 is 0 Å². The standard InChI is InChI=1S/C11H12FIN4/c1-17-3-2-15-11(17)6-16-10-4-7(12)8(13)5-9(10)14/h2-5,16H,6,14H2,1H3. The van der Waals surface area contributed by atoms with Gasteiger partial charge in [0.15, 0.2) is 0 Å². The minimum Gasteiger partial charge on any atom is -0.397 e. The predicted molar refractivity (Wildman–Crippen MR) is 74.1 cm³/mol. The number of hydrogen-bond acceptors (Lipinski definition) is 3. The SMILES string of the molecule is Cn1ccnc1CNc1cc(F)c(I)cc1N. The van der Waals surface area contributed by atoms with Crippen molar-refractivity contribution in [2.24, 2.45) is 7.05 Å². The third-order valence-electron chi connectivity index (χ3n) is 2.45. The van der Waals surface area contributed by atoms with E-state index in [1.807, 2.05) is 40.4 Å². The van der Waals surface area contributed by atoms with Crippen LogP contribution in [0.15, 0.2) is 24.5 Å². The summed E-state index contributed by atoms with van der Waals surface area (Å²) >= 11 is 1.91. The van der Waals surface area contributed by atoms with E-state index < -0.39 is 0 Å². The molecule has 6 heteroatoms. The maximum atomic E-state index is 13.4. The first kappa shape index (κ1) is 12.2. The Kier molecular flexibility index (Phi) is 3.51. The lowest BCUT2D eigenvalue weighted by molar-refractivity contribution is 0.621. The Bertz CT molecular complexity index is 538. The van der Waals surface area contributed by atoms with Crippen LogP contribution in [-0.4, -0.2) is 9.55 Å². The summed E-state index contributed by atoms with van der Waals surface area (Å²) in [6, 6.07) is 3.01. The summed E-state index contributed by atoms with van der Waals surface area (Å²) in [6.07, 6.45) is 3.57.